The van der Waals surface area contributed by atoms with Gasteiger partial charge in [-0.2, -0.15) is 0 Å². The molecule has 0 bridgehead atoms. The number of hydrogen-bond donors (Lipinski definition) is 2. The first-order chi connectivity index (χ1) is 9.31. The van der Waals surface area contributed by atoms with Gasteiger partial charge in [-0.3, -0.25) is 4.72 Å². The molecule has 20 heavy (non-hydrogen) atoms. The molecule has 0 amide bonds. The minimum atomic E-state index is -3.86. The fraction of sp³-hybridized carbons (Fsp3) is 0.0833. The fourth-order valence-electron chi connectivity index (χ4n) is 1.52. The van der Waals surface area contributed by atoms with Gasteiger partial charge < -0.3 is 5.73 Å². The van der Waals surface area contributed by atoms with E-state index in [1.165, 1.54) is 18.3 Å². The molecule has 106 valence electrons. The second-order valence-corrected chi connectivity index (χ2v) is 6.99. The lowest BCUT2D eigenvalue weighted by Crippen LogP contribution is -2.15. The molecule has 1 aromatic heterocycles. The molecule has 3 N–H and O–H groups in total. The molecule has 0 saturated carbocycles. The molecule has 8 heteroatoms. The number of hydrogen-bond acceptors (Lipinski definition) is 4. The van der Waals surface area contributed by atoms with Crippen molar-refractivity contribution in [2.75, 3.05) is 10.5 Å². The molecule has 0 aliphatic heterocycles. The Morgan fingerprint density at radius 3 is 2.75 bits per heavy atom. The normalized spacial score (nSPS) is 11.3. The van der Waals surface area contributed by atoms with Gasteiger partial charge in [0.15, 0.2) is 5.82 Å². The molecule has 0 atom stereocenters. The predicted octanol–water partition coefficient (Wildman–Crippen LogP) is 3.19. The standard InChI is InChI=1S/C12H11BrClN3O2S/c1-7-5-9(14)11(6-10(7)15)20(18,19)17-12-8(13)3-2-4-16-12/h2-6H,15H2,1H3,(H,16,17). The number of aryl methyl sites for hydroxylation is 1. The second kappa shape index (κ2) is 5.59. The average molecular weight is 377 g/mol. The maximum Gasteiger partial charge on any atom is 0.264 e. The highest BCUT2D eigenvalue weighted by atomic mass is 79.9. The molecule has 0 saturated heterocycles. The number of pyridine rings is 1. The lowest BCUT2D eigenvalue weighted by atomic mass is 10.2. The number of nitrogens with zero attached hydrogens (tertiary/aromatic N) is 1. The number of nitrogens with one attached hydrogen (secondary N) is 1. The van der Waals surface area contributed by atoms with E-state index in [1.54, 1.807) is 19.1 Å². The summed E-state index contributed by atoms with van der Waals surface area (Å²) in [6, 6.07) is 6.20. The van der Waals surface area contributed by atoms with Crippen LogP contribution >= 0.6 is 27.5 Å². The van der Waals surface area contributed by atoms with Crippen LogP contribution in [-0.2, 0) is 10.0 Å². The predicted molar refractivity (Wildman–Crippen MR) is 83.3 cm³/mol. The van der Waals surface area contributed by atoms with E-state index in [9.17, 15) is 8.42 Å². The molecule has 0 unspecified atom stereocenters. The van der Waals surface area contributed by atoms with Gasteiger partial charge in [0.05, 0.1) is 9.50 Å². The monoisotopic (exact) mass is 375 g/mol. The van der Waals surface area contributed by atoms with Gasteiger partial charge >= 0.3 is 0 Å². The van der Waals surface area contributed by atoms with Gasteiger partial charge in [-0.1, -0.05) is 11.6 Å². The zero-order chi connectivity index (χ0) is 14.9. The SMILES string of the molecule is Cc1cc(Cl)c(S(=O)(=O)Nc2ncccc2Br)cc1N. The van der Waals surface area contributed by atoms with E-state index < -0.39 is 10.0 Å². The summed E-state index contributed by atoms with van der Waals surface area (Å²) in [5.41, 5.74) is 6.81. The van der Waals surface area contributed by atoms with Crippen LogP contribution in [0.1, 0.15) is 5.56 Å². The van der Waals surface area contributed by atoms with Crippen LogP contribution in [0.2, 0.25) is 5.02 Å². The first kappa shape index (κ1) is 15.1. The van der Waals surface area contributed by atoms with E-state index in [0.29, 0.717) is 15.7 Å². The zero-order valence-electron chi connectivity index (χ0n) is 10.4. The average Bonchev–Trinajstić information content (AvgIpc) is 2.36. The first-order valence-electron chi connectivity index (χ1n) is 5.50. The van der Waals surface area contributed by atoms with Crippen LogP contribution in [0.4, 0.5) is 11.5 Å². The molecule has 2 aromatic rings. The number of nitrogen functional groups attached to an aromatic ring is 1. The van der Waals surface area contributed by atoms with E-state index in [0.717, 1.165) is 0 Å². The Bertz CT molecular complexity index is 765. The molecule has 0 aliphatic carbocycles. The van der Waals surface area contributed by atoms with Crippen molar-refractivity contribution in [1.29, 1.82) is 0 Å². The summed E-state index contributed by atoms with van der Waals surface area (Å²) in [7, 11) is -3.86. The number of rotatable bonds is 3. The van der Waals surface area contributed by atoms with Crippen molar-refractivity contribution >= 4 is 49.1 Å². The Balaban J connectivity index is 2.47. The number of benzene rings is 1. The molecular weight excluding hydrogens is 366 g/mol. The molecule has 5 nitrogen and oxygen atoms in total. The summed E-state index contributed by atoms with van der Waals surface area (Å²) >= 11 is 9.20. The summed E-state index contributed by atoms with van der Waals surface area (Å²) in [6.45, 7) is 1.75. The molecule has 1 aromatic carbocycles. The Morgan fingerprint density at radius 1 is 1.40 bits per heavy atom. The van der Waals surface area contributed by atoms with Crippen LogP contribution in [0.5, 0.6) is 0 Å². The maximum absolute atomic E-state index is 12.3. The minimum absolute atomic E-state index is 0.0835. The smallest absolute Gasteiger partial charge is 0.264 e. The third-order valence-electron chi connectivity index (χ3n) is 2.60. The third-order valence-corrected chi connectivity index (χ3v) is 5.04. The van der Waals surface area contributed by atoms with Crippen LogP contribution < -0.4 is 10.5 Å². The van der Waals surface area contributed by atoms with E-state index in [4.69, 9.17) is 17.3 Å². The summed E-state index contributed by atoms with van der Waals surface area (Å²) < 4.78 is 27.5. The molecule has 0 aliphatic rings. The summed E-state index contributed by atoms with van der Waals surface area (Å²) in [5, 5.41) is 0.108. The Hall–Kier alpha value is -1.31. The minimum Gasteiger partial charge on any atom is -0.398 e. The van der Waals surface area contributed by atoms with Crippen LogP contribution in [0, 0.1) is 6.92 Å². The van der Waals surface area contributed by atoms with Gasteiger partial charge in [0.25, 0.3) is 10.0 Å². The third kappa shape index (κ3) is 3.05. The molecule has 1 heterocycles. The number of halogens is 2. The number of anilines is 2. The second-order valence-electron chi connectivity index (χ2n) is 4.08. The first-order valence-corrected chi connectivity index (χ1v) is 8.15. The van der Waals surface area contributed by atoms with Crippen molar-refractivity contribution in [3.05, 3.63) is 45.5 Å². The van der Waals surface area contributed by atoms with Crippen LogP contribution in [0.3, 0.4) is 0 Å². The Morgan fingerprint density at radius 2 is 2.10 bits per heavy atom. The quantitative estimate of drug-likeness (QED) is 0.806. The Kier molecular flexibility index (Phi) is 4.22. The van der Waals surface area contributed by atoms with Gasteiger partial charge in [-0.15, -0.1) is 0 Å². The summed E-state index contributed by atoms with van der Waals surface area (Å²) in [5.74, 6) is 0.183. The lowest BCUT2D eigenvalue weighted by Gasteiger charge is -2.11. The van der Waals surface area contributed by atoms with Crippen molar-refractivity contribution in [1.82, 2.24) is 4.98 Å². The van der Waals surface area contributed by atoms with Crippen molar-refractivity contribution in [3.63, 3.8) is 0 Å². The van der Waals surface area contributed by atoms with Crippen LogP contribution in [-0.4, -0.2) is 13.4 Å². The van der Waals surface area contributed by atoms with E-state index in [1.807, 2.05) is 0 Å². The van der Waals surface area contributed by atoms with Gasteiger partial charge in [0.1, 0.15) is 4.90 Å². The zero-order valence-corrected chi connectivity index (χ0v) is 13.6. The van der Waals surface area contributed by atoms with Gasteiger partial charge in [0, 0.05) is 11.9 Å². The highest BCUT2D eigenvalue weighted by molar-refractivity contribution is 9.10. The summed E-state index contributed by atoms with van der Waals surface area (Å²) in [6.07, 6.45) is 1.48. The van der Waals surface area contributed by atoms with Crippen LogP contribution in [0.15, 0.2) is 39.8 Å². The van der Waals surface area contributed by atoms with Gasteiger partial charge in [-0.05, 0) is 52.7 Å². The molecule has 2 rings (SSSR count). The molecular formula is C12H11BrClN3O2S. The highest BCUT2D eigenvalue weighted by Gasteiger charge is 2.20. The summed E-state index contributed by atoms with van der Waals surface area (Å²) in [4.78, 5) is 3.86. The topological polar surface area (TPSA) is 85.1 Å². The largest absolute Gasteiger partial charge is 0.398 e. The number of aromatic nitrogens is 1. The van der Waals surface area contributed by atoms with Crippen molar-refractivity contribution in [2.45, 2.75) is 11.8 Å². The molecule has 0 radical (unpaired) electrons. The number of sulfonamides is 1. The maximum atomic E-state index is 12.3. The van der Waals surface area contributed by atoms with E-state index in [2.05, 4.69) is 25.6 Å². The van der Waals surface area contributed by atoms with Crippen molar-refractivity contribution < 1.29 is 8.42 Å². The lowest BCUT2D eigenvalue weighted by molar-refractivity contribution is 0.601. The number of nitrogens with two attached hydrogens (primary N) is 1. The van der Waals surface area contributed by atoms with E-state index >= 15 is 0 Å². The van der Waals surface area contributed by atoms with Crippen molar-refractivity contribution in [2.24, 2.45) is 0 Å². The van der Waals surface area contributed by atoms with Gasteiger partial charge in [0.2, 0.25) is 0 Å². The van der Waals surface area contributed by atoms with Gasteiger partial charge in [-0.25, -0.2) is 13.4 Å². The van der Waals surface area contributed by atoms with Crippen LogP contribution in [0.25, 0.3) is 0 Å². The van der Waals surface area contributed by atoms with Crippen molar-refractivity contribution in [3.8, 4) is 0 Å². The fourth-order valence-corrected chi connectivity index (χ4v) is 3.65. The molecule has 0 fully saturated rings. The Labute approximate surface area is 130 Å². The van der Waals surface area contributed by atoms with E-state index in [-0.39, 0.29) is 15.7 Å². The highest BCUT2D eigenvalue weighted by Crippen LogP contribution is 2.29. The molecule has 0 spiro atoms.